The maximum Gasteiger partial charge on any atom is 0.123 e. The summed E-state index contributed by atoms with van der Waals surface area (Å²) in [5.74, 6) is 1.04. The largest absolute Gasteiger partial charge is 0.488 e. The van der Waals surface area contributed by atoms with Crippen molar-refractivity contribution in [1.29, 1.82) is 0 Å². The van der Waals surface area contributed by atoms with Gasteiger partial charge in [0.1, 0.15) is 11.9 Å². The van der Waals surface area contributed by atoms with Crippen molar-refractivity contribution in [3.05, 3.63) is 28.2 Å². The van der Waals surface area contributed by atoms with Crippen LogP contribution in [0, 0.1) is 0 Å². The van der Waals surface area contributed by atoms with E-state index >= 15 is 0 Å². The number of hydrogen-bond acceptors (Lipinski definition) is 4. The van der Waals surface area contributed by atoms with Crippen LogP contribution in [0.2, 0.25) is 0 Å². The molecule has 0 bridgehead atoms. The SMILES string of the molecule is CN1CCN(CC2Cc3cc(Br)ccc3O2)C(CN)C1. The third-order valence-electron chi connectivity index (χ3n) is 4.28. The molecular weight excluding hydrogens is 318 g/mol. The number of nitrogens with two attached hydrogens (primary N) is 1. The molecule has 0 aliphatic carbocycles. The molecule has 1 fully saturated rings. The smallest absolute Gasteiger partial charge is 0.123 e. The number of benzene rings is 1. The zero-order valence-electron chi connectivity index (χ0n) is 11.9. The highest BCUT2D eigenvalue weighted by Crippen LogP contribution is 2.31. The quantitative estimate of drug-likeness (QED) is 0.901. The molecule has 2 atom stereocenters. The van der Waals surface area contributed by atoms with Crippen LogP contribution in [0.4, 0.5) is 0 Å². The van der Waals surface area contributed by atoms with E-state index in [9.17, 15) is 0 Å². The minimum absolute atomic E-state index is 0.261. The van der Waals surface area contributed by atoms with Crippen molar-refractivity contribution in [3.8, 4) is 5.75 Å². The van der Waals surface area contributed by atoms with Crippen molar-refractivity contribution in [2.24, 2.45) is 5.73 Å². The number of rotatable bonds is 3. The van der Waals surface area contributed by atoms with Crippen LogP contribution in [0.5, 0.6) is 5.75 Å². The zero-order chi connectivity index (χ0) is 14.1. The van der Waals surface area contributed by atoms with E-state index in [4.69, 9.17) is 10.5 Å². The number of halogens is 1. The Morgan fingerprint density at radius 2 is 2.25 bits per heavy atom. The lowest BCUT2D eigenvalue weighted by atomic mass is 10.1. The Bertz CT molecular complexity index is 482. The Morgan fingerprint density at radius 1 is 1.40 bits per heavy atom. The average Bonchev–Trinajstić information content (AvgIpc) is 2.82. The summed E-state index contributed by atoms with van der Waals surface area (Å²) in [6.45, 7) is 4.94. The van der Waals surface area contributed by atoms with Crippen molar-refractivity contribution in [3.63, 3.8) is 0 Å². The molecule has 20 heavy (non-hydrogen) atoms. The maximum atomic E-state index is 6.07. The molecule has 1 saturated heterocycles. The van der Waals surface area contributed by atoms with Crippen LogP contribution in [0.25, 0.3) is 0 Å². The van der Waals surface area contributed by atoms with Crippen molar-refractivity contribution in [2.75, 3.05) is 39.8 Å². The molecule has 1 aromatic rings. The van der Waals surface area contributed by atoms with Crippen LogP contribution in [-0.2, 0) is 6.42 Å². The van der Waals surface area contributed by atoms with Crippen LogP contribution < -0.4 is 10.5 Å². The predicted octanol–water partition coefficient (Wildman–Crippen LogP) is 1.33. The first-order valence-electron chi connectivity index (χ1n) is 7.23. The van der Waals surface area contributed by atoms with E-state index in [-0.39, 0.29) is 6.10 Å². The Kier molecular flexibility index (Phi) is 4.31. The minimum Gasteiger partial charge on any atom is -0.488 e. The highest BCUT2D eigenvalue weighted by molar-refractivity contribution is 9.10. The Balaban J connectivity index is 1.62. The van der Waals surface area contributed by atoms with Gasteiger partial charge in [0.2, 0.25) is 0 Å². The summed E-state index contributed by atoms with van der Waals surface area (Å²) in [6.07, 6.45) is 1.26. The monoisotopic (exact) mass is 339 g/mol. The van der Waals surface area contributed by atoms with E-state index in [2.05, 4.69) is 44.9 Å². The fraction of sp³-hybridized carbons (Fsp3) is 0.600. The number of ether oxygens (including phenoxy) is 1. The van der Waals surface area contributed by atoms with Crippen molar-refractivity contribution >= 4 is 15.9 Å². The predicted molar refractivity (Wildman–Crippen MR) is 84.2 cm³/mol. The van der Waals surface area contributed by atoms with E-state index in [1.54, 1.807) is 0 Å². The molecule has 2 aliphatic heterocycles. The highest BCUT2D eigenvalue weighted by Gasteiger charge is 2.30. The Hall–Kier alpha value is -0.620. The molecule has 4 nitrogen and oxygen atoms in total. The molecule has 0 spiro atoms. The fourth-order valence-electron chi connectivity index (χ4n) is 3.16. The molecule has 5 heteroatoms. The molecule has 3 rings (SSSR count). The molecular formula is C15H22BrN3O. The molecule has 0 amide bonds. The second-order valence-electron chi connectivity index (χ2n) is 5.84. The van der Waals surface area contributed by atoms with E-state index in [1.165, 1.54) is 5.56 Å². The first-order valence-corrected chi connectivity index (χ1v) is 8.02. The number of nitrogens with zero attached hydrogens (tertiary/aromatic N) is 2. The van der Waals surface area contributed by atoms with Crippen molar-refractivity contribution < 1.29 is 4.74 Å². The summed E-state index contributed by atoms with van der Waals surface area (Å²) in [5.41, 5.74) is 7.23. The van der Waals surface area contributed by atoms with Gasteiger partial charge in [0.15, 0.2) is 0 Å². The lowest BCUT2D eigenvalue weighted by Crippen LogP contribution is -2.56. The molecule has 1 aromatic carbocycles. The van der Waals surface area contributed by atoms with Gasteiger partial charge in [-0.05, 0) is 30.8 Å². The summed E-state index contributed by atoms with van der Waals surface area (Å²) >= 11 is 3.52. The van der Waals surface area contributed by atoms with Crippen LogP contribution in [-0.4, -0.2) is 61.7 Å². The van der Waals surface area contributed by atoms with E-state index < -0.39 is 0 Å². The van der Waals surface area contributed by atoms with E-state index in [0.29, 0.717) is 6.04 Å². The number of likely N-dealkylation sites (N-methyl/N-ethyl adjacent to an activating group) is 1. The molecule has 110 valence electrons. The standard InChI is InChI=1S/C15H22BrN3O/c1-18-4-5-19(13(8-17)9-18)10-14-7-11-6-12(16)2-3-15(11)20-14/h2-3,6,13-14H,4-5,7-10,17H2,1H3. The first-order chi connectivity index (χ1) is 9.65. The van der Waals surface area contributed by atoms with E-state index in [0.717, 1.165) is 49.4 Å². The van der Waals surface area contributed by atoms with Crippen LogP contribution >= 0.6 is 15.9 Å². The molecule has 2 N–H and O–H groups in total. The maximum absolute atomic E-state index is 6.07. The van der Waals surface area contributed by atoms with Crippen LogP contribution in [0.1, 0.15) is 5.56 Å². The summed E-state index contributed by atoms with van der Waals surface area (Å²) < 4.78 is 7.19. The van der Waals surface area contributed by atoms with Gasteiger partial charge in [-0.1, -0.05) is 15.9 Å². The molecule has 2 unspecified atom stereocenters. The van der Waals surface area contributed by atoms with Gasteiger partial charge in [-0.15, -0.1) is 0 Å². The fourth-order valence-corrected chi connectivity index (χ4v) is 3.57. The highest BCUT2D eigenvalue weighted by atomic mass is 79.9. The van der Waals surface area contributed by atoms with Gasteiger partial charge < -0.3 is 15.4 Å². The molecule has 2 aliphatic rings. The molecule has 0 radical (unpaired) electrons. The van der Waals surface area contributed by atoms with E-state index in [1.807, 2.05) is 6.07 Å². The number of hydrogen-bond donors (Lipinski definition) is 1. The van der Waals surface area contributed by atoms with Gasteiger partial charge in [0.25, 0.3) is 0 Å². The topological polar surface area (TPSA) is 41.7 Å². The minimum atomic E-state index is 0.261. The second kappa shape index (κ2) is 6.02. The van der Waals surface area contributed by atoms with Gasteiger partial charge >= 0.3 is 0 Å². The third-order valence-corrected chi connectivity index (χ3v) is 4.77. The second-order valence-corrected chi connectivity index (χ2v) is 6.76. The van der Waals surface area contributed by atoms with Crippen molar-refractivity contribution in [2.45, 2.75) is 18.6 Å². The van der Waals surface area contributed by atoms with Gasteiger partial charge in [-0.2, -0.15) is 0 Å². The van der Waals surface area contributed by atoms with Crippen molar-refractivity contribution in [1.82, 2.24) is 9.80 Å². The summed E-state index contributed by atoms with van der Waals surface area (Å²) in [6, 6.07) is 6.72. The summed E-state index contributed by atoms with van der Waals surface area (Å²) in [5, 5.41) is 0. The molecule has 0 saturated carbocycles. The average molecular weight is 340 g/mol. The van der Waals surface area contributed by atoms with Crippen LogP contribution in [0.3, 0.4) is 0 Å². The lowest BCUT2D eigenvalue weighted by molar-refractivity contribution is 0.0597. The van der Waals surface area contributed by atoms with Gasteiger partial charge in [0, 0.05) is 49.7 Å². The Labute approximate surface area is 129 Å². The first kappa shape index (κ1) is 14.3. The lowest BCUT2D eigenvalue weighted by Gasteiger charge is -2.40. The van der Waals surface area contributed by atoms with Gasteiger partial charge in [0.05, 0.1) is 0 Å². The normalized spacial score (nSPS) is 27.4. The van der Waals surface area contributed by atoms with Gasteiger partial charge in [-0.25, -0.2) is 0 Å². The number of fused-ring (bicyclic) bond motifs is 1. The van der Waals surface area contributed by atoms with Gasteiger partial charge in [-0.3, -0.25) is 4.90 Å². The number of piperazine rings is 1. The molecule has 2 heterocycles. The molecule has 0 aromatic heterocycles. The summed E-state index contributed by atoms with van der Waals surface area (Å²) in [4.78, 5) is 4.85. The third kappa shape index (κ3) is 3.01. The zero-order valence-corrected chi connectivity index (χ0v) is 13.5. The summed E-state index contributed by atoms with van der Waals surface area (Å²) in [7, 11) is 2.17. The Morgan fingerprint density at radius 3 is 3.05 bits per heavy atom. The van der Waals surface area contributed by atoms with Crippen LogP contribution in [0.15, 0.2) is 22.7 Å².